The molecule has 0 amide bonds. The Bertz CT molecular complexity index is 781. The fourth-order valence-electron chi connectivity index (χ4n) is 2.91. The molecule has 2 aromatic heterocycles. The zero-order chi connectivity index (χ0) is 17.7. The summed E-state index contributed by atoms with van der Waals surface area (Å²) in [6.45, 7) is 1.24. The highest BCUT2D eigenvalue weighted by Gasteiger charge is 2.26. The van der Waals surface area contributed by atoms with E-state index in [9.17, 15) is 8.42 Å². The lowest BCUT2D eigenvalue weighted by Gasteiger charge is -2.25. The van der Waals surface area contributed by atoms with Gasteiger partial charge in [-0.15, -0.1) is 11.8 Å². The highest BCUT2D eigenvalue weighted by molar-refractivity contribution is 7.99. The largest absolute Gasteiger partial charge is 0.276 e. The summed E-state index contributed by atoms with van der Waals surface area (Å²) in [5.41, 5.74) is 1.24. The van der Waals surface area contributed by atoms with E-state index in [-0.39, 0.29) is 0 Å². The van der Waals surface area contributed by atoms with Crippen LogP contribution in [0.5, 0.6) is 0 Å². The highest BCUT2D eigenvalue weighted by atomic mass is 32.2. The van der Waals surface area contributed by atoms with E-state index in [4.69, 9.17) is 0 Å². The predicted octanol–water partition coefficient (Wildman–Crippen LogP) is 2.71. The van der Waals surface area contributed by atoms with E-state index in [0.29, 0.717) is 18.0 Å². The van der Waals surface area contributed by atoms with Gasteiger partial charge in [-0.3, -0.25) is 4.68 Å². The Hall–Kier alpha value is -1.38. The van der Waals surface area contributed by atoms with E-state index in [0.717, 1.165) is 42.9 Å². The number of pyridine rings is 1. The van der Waals surface area contributed by atoms with Crippen molar-refractivity contribution in [3.8, 4) is 0 Å². The maximum Gasteiger partial charge on any atom is 0.244 e. The molecule has 1 fully saturated rings. The summed E-state index contributed by atoms with van der Waals surface area (Å²) in [6, 6.07) is 3.49. The van der Waals surface area contributed by atoms with Gasteiger partial charge in [0.25, 0.3) is 0 Å². The molecule has 1 aliphatic rings. The molecule has 2 aromatic rings. The Balaban J connectivity index is 1.51. The highest BCUT2D eigenvalue weighted by Crippen LogP contribution is 2.23. The number of sulfonamides is 1. The number of hydrogen-bond acceptors (Lipinski definition) is 5. The van der Waals surface area contributed by atoms with Crippen LogP contribution in [0.25, 0.3) is 0 Å². The standard InChI is InChI=1S/C17H24N4O2S2/c1-20-14-15(12-19-20)6-5-11-24-17-8-7-16(13-18-17)25(22,23)21-9-3-2-4-10-21/h7-8,12-14H,2-6,9-11H2,1H3. The second-order valence-corrected chi connectivity index (χ2v) is 9.32. The van der Waals surface area contributed by atoms with Gasteiger partial charge >= 0.3 is 0 Å². The van der Waals surface area contributed by atoms with Crippen molar-refractivity contribution in [3.63, 3.8) is 0 Å². The van der Waals surface area contributed by atoms with Gasteiger partial charge in [0.15, 0.2) is 0 Å². The molecular weight excluding hydrogens is 356 g/mol. The second-order valence-electron chi connectivity index (χ2n) is 6.27. The van der Waals surface area contributed by atoms with Crippen LogP contribution < -0.4 is 0 Å². The van der Waals surface area contributed by atoms with Gasteiger partial charge in [0.1, 0.15) is 4.90 Å². The van der Waals surface area contributed by atoms with Crippen LogP contribution in [-0.4, -0.2) is 46.3 Å². The van der Waals surface area contributed by atoms with Crippen LogP contribution in [0, 0.1) is 0 Å². The Morgan fingerprint density at radius 3 is 2.60 bits per heavy atom. The number of aromatic nitrogens is 3. The van der Waals surface area contributed by atoms with Crippen molar-refractivity contribution in [1.29, 1.82) is 0 Å². The molecule has 8 heteroatoms. The number of rotatable bonds is 7. The van der Waals surface area contributed by atoms with Gasteiger partial charge in [-0.05, 0) is 49.1 Å². The van der Waals surface area contributed by atoms with Crippen molar-refractivity contribution in [2.24, 2.45) is 7.05 Å². The average molecular weight is 381 g/mol. The van der Waals surface area contributed by atoms with Gasteiger partial charge in [-0.25, -0.2) is 13.4 Å². The first kappa shape index (κ1) is 18.4. The number of thioether (sulfide) groups is 1. The lowest BCUT2D eigenvalue weighted by Crippen LogP contribution is -2.35. The zero-order valence-corrected chi connectivity index (χ0v) is 16.1. The fourth-order valence-corrected chi connectivity index (χ4v) is 5.17. The summed E-state index contributed by atoms with van der Waals surface area (Å²) in [6.07, 6.45) is 10.4. The smallest absolute Gasteiger partial charge is 0.244 e. The van der Waals surface area contributed by atoms with Crippen LogP contribution in [0.4, 0.5) is 0 Å². The van der Waals surface area contributed by atoms with Crippen LogP contribution in [0.1, 0.15) is 31.2 Å². The van der Waals surface area contributed by atoms with E-state index in [1.165, 1.54) is 11.8 Å². The first-order valence-corrected chi connectivity index (χ1v) is 11.0. The van der Waals surface area contributed by atoms with Crippen molar-refractivity contribution < 1.29 is 8.42 Å². The minimum atomic E-state index is -3.39. The number of nitrogens with zero attached hydrogens (tertiary/aromatic N) is 4. The molecule has 0 spiro atoms. The summed E-state index contributed by atoms with van der Waals surface area (Å²) >= 11 is 1.65. The monoisotopic (exact) mass is 380 g/mol. The minimum Gasteiger partial charge on any atom is -0.276 e. The van der Waals surface area contributed by atoms with E-state index in [2.05, 4.69) is 10.1 Å². The second kappa shape index (κ2) is 8.33. The Morgan fingerprint density at radius 1 is 1.16 bits per heavy atom. The molecule has 3 heterocycles. The first-order valence-electron chi connectivity index (χ1n) is 8.62. The Morgan fingerprint density at radius 2 is 1.96 bits per heavy atom. The normalized spacial score (nSPS) is 16.2. The molecule has 0 saturated carbocycles. The summed E-state index contributed by atoms with van der Waals surface area (Å²) in [5, 5.41) is 5.03. The third-order valence-electron chi connectivity index (χ3n) is 4.28. The van der Waals surface area contributed by atoms with Gasteiger partial charge in [0.05, 0.1) is 11.2 Å². The number of piperidine rings is 1. The maximum absolute atomic E-state index is 12.6. The van der Waals surface area contributed by atoms with Crippen molar-refractivity contribution in [2.75, 3.05) is 18.8 Å². The summed E-state index contributed by atoms with van der Waals surface area (Å²) in [4.78, 5) is 4.63. The third kappa shape index (κ3) is 4.83. The van der Waals surface area contributed by atoms with Crippen molar-refractivity contribution >= 4 is 21.8 Å². The van der Waals surface area contributed by atoms with Crippen molar-refractivity contribution in [3.05, 3.63) is 36.3 Å². The molecule has 0 unspecified atom stereocenters. The van der Waals surface area contributed by atoms with Crippen molar-refractivity contribution in [1.82, 2.24) is 19.1 Å². The number of hydrogen-bond donors (Lipinski definition) is 0. The molecule has 25 heavy (non-hydrogen) atoms. The molecule has 1 saturated heterocycles. The minimum absolute atomic E-state index is 0.300. The fraction of sp³-hybridized carbons (Fsp3) is 0.529. The van der Waals surface area contributed by atoms with E-state index < -0.39 is 10.0 Å². The van der Waals surface area contributed by atoms with Crippen LogP contribution in [0.3, 0.4) is 0 Å². The van der Waals surface area contributed by atoms with E-state index in [1.54, 1.807) is 22.1 Å². The summed E-state index contributed by atoms with van der Waals surface area (Å²) in [5.74, 6) is 0.945. The molecule has 0 aliphatic carbocycles. The average Bonchev–Trinajstić information content (AvgIpc) is 3.05. The maximum atomic E-state index is 12.6. The van der Waals surface area contributed by atoms with Gasteiger partial charge in [0.2, 0.25) is 10.0 Å². The molecule has 0 aromatic carbocycles. The third-order valence-corrected chi connectivity index (χ3v) is 7.19. The molecule has 0 N–H and O–H groups in total. The van der Waals surface area contributed by atoms with Crippen LogP contribution in [0.2, 0.25) is 0 Å². The summed E-state index contributed by atoms with van der Waals surface area (Å²) in [7, 11) is -1.47. The first-order chi connectivity index (χ1) is 12.1. The zero-order valence-electron chi connectivity index (χ0n) is 14.5. The quantitative estimate of drug-likeness (QED) is 0.546. The van der Waals surface area contributed by atoms with Crippen LogP contribution >= 0.6 is 11.8 Å². The lowest BCUT2D eigenvalue weighted by atomic mass is 10.2. The molecule has 3 rings (SSSR count). The topological polar surface area (TPSA) is 68.1 Å². The molecular formula is C17H24N4O2S2. The molecule has 0 atom stereocenters. The Labute approximate surface area is 153 Å². The predicted molar refractivity (Wildman–Crippen MR) is 99.1 cm³/mol. The van der Waals surface area contributed by atoms with E-state index >= 15 is 0 Å². The SMILES string of the molecule is Cn1cc(CCCSc2ccc(S(=O)(=O)N3CCCCC3)cn2)cn1. The van der Waals surface area contributed by atoms with E-state index in [1.807, 2.05) is 30.2 Å². The van der Waals surface area contributed by atoms with Crippen molar-refractivity contribution in [2.45, 2.75) is 42.0 Å². The molecule has 0 radical (unpaired) electrons. The van der Waals surface area contributed by atoms with Gasteiger partial charge < -0.3 is 0 Å². The molecule has 6 nitrogen and oxygen atoms in total. The number of aryl methyl sites for hydroxylation is 2. The molecule has 0 bridgehead atoms. The van der Waals surface area contributed by atoms with Crippen LogP contribution in [0.15, 0.2) is 40.6 Å². The lowest BCUT2D eigenvalue weighted by molar-refractivity contribution is 0.346. The molecule has 136 valence electrons. The molecule has 1 aliphatic heterocycles. The van der Waals surface area contributed by atoms with Gasteiger partial charge in [0, 0.05) is 32.5 Å². The summed E-state index contributed by atoms with van der Waals surface area (Å²) < 4.78 is 28.6. The Kier molecular flexibility index (Phi) is 6.14. The van der Waals surface area contributed by atoms with Gasteiger partial charge in [-0.1, -0.05) is 6.42 Å². The van der Waals surface area contributed by atoms with Crippen LogP contribution in [-0.2, 0) is 23.5 Å². The van der Waals surface area contributed by atoms with Gasteiger partial charge in [-0.2, -0.15) is 9.40 Å².